The number of rotatable bonds is 6. The van der Waals surface area contributed by atoms with E-state index in [9.17, 15) is 4.79 Å². The second kappa shape index (κ2) is 7.86. The van der Waals surface area contributed by atoms with Crippen molar-refractivity contribution in [3.8, 4) is 22.1 Å². The highest BCUT2D eigenvalue weighted by Gasteiger charge is 2.14. The molecule has 0 unspecified atom stereocenters. The van der Waals surface area contributed by atoms with Crippen molar-refractivity contribution in [2.24, 2.45) is 0 Å². The lowest BCUT2D eigenvalue weighted by atomic mass is 10.2. The van der Waals surface area contributed by atoms with Crippen molar-refractivity contribution in [2.75, 3.05) is 19.5 Å². The topological polar surface area (TPSA) is 60.5 Å². The summed E-state index contributed by atoms with van der Waals surface area (Å²) in [5.41, 5.74) is 2.30. The lowest BCUT2D eigenvalue weighted by Crippen LogP contribution is -2.15. The van der Waals surface area contributed by atoms with Gasteiger partial charge in [-0.25, -0.2) is 4.98 Å². The van der Waals surface area contributed by atoms with Crippen LogP contribution in [0.1, 0.15) is 5.69 Å². The fourth-order valence-electron chi connectivity index (χ4n) is 2.22. The first-order chi connectivity index (χ1) is 12.1. The highest BCUT2D eigenvalue weighted by molar-refractivity contribution is 7.14. The summed E-state index contributed by atoms with van der Waals surface area (Å²) in [6.45, 7) is 0. The van der Waals surface area contributed by atoms with Crippen molar-refractivity contribution < 1.29 is 14.3 Å². The summed E-state index contributed by atoms with van der Waals surface area (Å²) in [4.78, 5) is 16.9. The molecule has 0 bridgehead atoms. The number of nitrogens with zero attached hydrogens (tertiary/aromatic N) is 1. The van der Waals surface area contributed by atoms with Gasteiger partial charge in [-0.05, 0) is 11.4 Å². The van der Waals surface area contributed by atoms with Crippen molar-refractivity contribution in [2.45, 2.75) is 6.42 Å². The number of hydrogen-bond donors (Lipinski definition) is 1. The second-order valence-electron chi connectivity index (χ2n) is 5.07. The molecule has 0 aliphatic carbocycles. The van der Waals surface area contributed by atoms with E-state index in [1.54, 1.807) is 23.5 Å². The third-order valence-corrected chi connectivity index (χ3v) is 5.33. The van der Waals surface area contributed by atoms with Gasteiger partial charge >= 0.3 is 0 Å². The molecule has 0 spiro atoms. The lowest BCUT2D eigenvalue weighted by Gasteiger charge is -2.12. The van der Waals surface area contributed by atoms with E-state index >= 15 is 0 Å². The molecule has 1 aromatic carbocycles. The molecule has 0 saturated carbocycles. The SMILES string of the molecule is COc1cc(NC(=O)Cc2csc(-c3ccsc3)n2)c(OC)cc1Cl. The van der Waals surface area contributed by atoms with Crippen LogP contribution in [0.4, 0.5) is 5.69 Å². The van der Waals surface area contributed by atoms with Crippen LogP contribution in [-0.4, -0.2) is 25.1 Å². The third kappa shape index (κ3) is 4.12. The molecular weight excluding hydrogens is 380 g/mol. The first-order valence-corrected chi connectivity index (χ1v) is 9.49. The van der Waals surface area contributed by atoms with Crippen LogP contribution in [0.5, 0.6) is 11.5 Å². The molecule has 1 N–H and O–H groups in total. The minimum absolute atomic E-state index is 0.175. The van der Waals surface area contributed by atoms with Crippen molar-refractivity contribution in [1.29, 1.82) is 0 Å². The van der Waals surface area contributed by atoms with Gasteiger partial charge in [0.2, 0.25) is 5.91 Å². The van der Waals surface area contributed by atoms with Crippen LogP contribution in [0.2, 0.25) is 5.02 Å². The number of aromatic nitrogens is 1. The van der Waals surface area contributed by atoms with Gasteiger partial charge in [0.25, 0.3) is 0 Å². The summed E-state index contributed by atoms with van der Waals surface area (Å²) in [6, 6.07) is 5.25. The van der Waals surface area contributed by atoms with Crippen LogP contribution in [-0.2, 0) is 11.2 Å². The molecule has 8 heteroatoms. The van der Waals surface area contributed by atoms with E-state index in [0.29, 0.717) is 22.2 Å². The van der Waals surface area contributed by atoms with Gasteiger partial charge in [-0.3, -0.25) is 4.79 Å². The maximum Gasteiger partial charge on any atom is 0.230 e. The van der Waals surface area contributed by atoms with E-state index in [0.717, 1.165) is 16.3 Å². The van der Waals surface area contributed by atoms with Gasteiger partial charge in [0, 0.05) is 28.5 Å². The third-order valence-electron chi connectivity index (χ3n) is 3.41. The first kappa shape index (κ1) is 17.7. The number of amides is 1. The Balaban J connectivity index is 1.72. The molecule has 0 aliphatic heterocycles. The summed E-state index contributed by atoms with van der Waals surface area (Å²) < 4.78 is 10.4. The molecule has 0 fully saturated rings. The molecule has 0 aliphatic rings. The van der Waals surface area contributed by atoms with Crippen molar-refractivity contribution in [3.63, 3.8) is 0 Å². The molecule has 3 aromatic rings. The Hall–Kier alpha value is -2.09. The zero-order valence-electron chi connectivity index (χ0n) is 13.5. The standard InChI is InChI=1S/C17H15ClN2O3S2/c1-22-14-7-13(15(23-2)6-12(14)18)20-16(21)5-11-9-25-17(19-11)10-3-4-24-8-10/h3-4,6-9H,5H2,1-2H3,(H,20,21). The quantitative estimate of drug-likeness (QED) is 0.656. The maximum absolute atomic E-state index is 12.4. The average Bonchev–Trinajstić information content (AvgIpc) is 3.27. The Bertz CT molecular complexity index is 878. The van der Waals surface area contributed by atoms with Gasteiger partial charge < -0.3 is 14.8 Å². The van der Waals surface area contributed by atoms with Crippen molar-refractivity contribution >= 4 is 45.9 Å². The predicted octanol–water partition coefficient (Wildman–Crippen LogP) is 4.72. The number of ether oxygens (including phenoxy) is 2. The van der Waals surface area contributed by atoms with Gasteiger partial charge in [-0.1, -0.05) is 11.6 Å². The number of benzene rings is 1. The van der Waals surface area contributed by atoms with E-state index in [2.05, 4.69) is 10.3 Å². The summed E-state index contributed by atoms with van der Waals surface area (Å²) in [5.74, 6) is 0.743. The molecule has 0 atom stereocenters. The fourth-order valence-corrected chi connectivity index (χ4v) is 3.99. The average molecular weight is 395 g/mol. The summed E-state index contributed by atoms with van der Waals surface area (Å²) in [5, 5.41) is 10.1. The molecule has 2 aromatic heterocycles. The van der Waals surface area contributed by atoms with Gasteiger partial charge in [0.1, 0.15) is 16.5 Å². The fraction of sp³-hybridized carbons (Fsp3) is 0.176. The Morgan fingerprint density at radius 3 is 2.72 bits per heavy atom. The number of halogens is 1. The van der Waals surface area contributed by atoms with Gasteiger partial charge in [-0.2, -0.15) is 11.3 Å². The second-order valence-corrected chi connectivity index (χ2v) is 7.11. The molecule has 0 radical (unpaired) electrons. The highest BCUT2D eigenvalue weighted by Crippen LogP contribution is 2.36. The number of hydrogen-bond acceptors (Lipinski definition) is 6. The number of nitrogens with one attached hydrogen (secondary N) is 1. The molecule has 1 amide bonds. The monoisotopic (exact) mass is 394 g/mol. The van der Waals surface area contributed by atoms with Crippen LogP contribution in [0, 0.1) is 0 Å². The number of carbonyl (C=O) groups is 1. The lowest BCUT2D eigenvalue weighted by molar-refractivity contribution is -0.115. The van der Waals surface area contributed by atoms with Crippen LogP contribution < -0.4 is 14.8 Å². The molecule has 2 heterocycles. The molecular formula is C17H15ClN2O3S2. The van der Waals surface area contributed by atoms with E-state index in [1.807, 2.05) is 22.2 Å². The Kier molecular flexibility index (Phi) is 5.57. The molecule has 25 heavy (non-hydrogen) atoms. The minimum Gasteiger partial charge on any atom is -0.495 e. The largest absolute Gasteiger partial charge is 0.495 e. The number of methoxy groups -OCH3 is 2. The van der Waals surface area contributed by atoms with E-state index in [1.165, 1.54) is 25.6 Å². The Morgan fingerprint density at radius 1 is 1.24 bits per heavy atom. The van der Waals surface area contributed by atoms with E-state index in [-0.39, 0.29) is 12.3 Å². The summed E-state index contributed by atoms with van der Waals surface area (Å²) >= 11 is 9.22. The van der Waals surface area contributed by atoms with Crippen LogP contribution >= 0.6 is 34.3 Å². The van der Waals surface area contributed by atoms with Crippen molar-refractivity contribution in [1.82, 2.24) is 4.98 Å². The van der Waals surface area contributed by atoms with Gasteiger partial charge in [-0.15, -0.1) is 11.3 Å². The number of carbonyl (C=O) groups excluding carboxylic acids is 1. The van der Waals surface area contributed by atoms with E-state index in [4.69, 9.17) is 21.1 Å². The summed E-state index contributed by atoms with van der Waals surface area (Å²) in [7, 11) is 3.03. The zero-order valence-corrected chi connectivity index (χ0v) is 15.9. The molecule has 5 nitrogen and oxygen atoms in total. The predicted molar refractivity (Wildman–Crippen MR) is 102 cm³/mol. The van der Waals surface area contributed by atoms with Gasteiger partial charge in [0.05, 0.1) is 37.0 Å². The zero-order chi connectivity index (χ0) is 17.8. The summed E-state index contributed by atoms with van der Waals surface area (Å²) in [6.07, 6.45) is 0.175. The Labute approximate surface area is 158 Å². The number of thiophene rings is 1. The van der Waals surface area contributed by atoms with Crippen LogP contribution in [0.3, 0.4) is 0 Å². The van der Waals surface area contributed by atoms with E-state index < -0.39 is 0 Å². The number of thiazole rings is 1. The van der Waals surface area contributed by atoms with Gasteiger partial charge in [0.15, 0.2) is 0 Å². The van der Waals surface area contributed by atoms with Crippen LogP contribution in [0.25, 0.3) is 10.6 Å². The normalized spacial score (nSPS) is 10.5. The highest BCUT2D eigenvalue weighted by atomic mass is 35.5. The molecule has 3 rings (SSSR count). The van der Waals surface area contributed by atoms with Crippen molar-refractivity contribution in [3.05, 3.63) is 45.1 Å². The van der Waals surface area contributed by atoms with Crippen LogP contribution in [0.15, 0.2) is 34.3 Å². The Morgan fingerprint density at radius 2 is 2.04 bits per heavy atom. The first-order valence-electron chi connectivity index (χ1n) is 7.29. The molecule has 0 saturated heterocycles. The number of anilines is 1. The minimum atomic E-state index is -0.190. The molecule has 130 valence electrons. The maximum atomic E-state index is 12.4. The smallest absolute Gasteiger partial charge is 0.230 e.